The summed E-state index contributed by atoms with van der Waals surface area (Å²) in [5.41, 5.74) is 0. The summed E-state index contributed by atoms with van der Waals surface area (Å²) in [5.74, 6) is 0. The van der Waals surface area contributed by atoms with E-state index in [0.29, 0.717) is 0 Å². The van der Waals surface area contributed by atoms with Gasteiger partial charge in [-0.3, -0.25) is 0 Å². The van der Waals surface area contributed by atoms with E-state index in [1.165, 1.54) is 96.3 Å². The zero-order chi connectivity index (χ0) is 25.4. The van der Waals surface area contributed by atoms with Crippen molar-refractivity contribution < 1.29 is 67.4 Å². The van der Waals surface area contributed by atoms with Gasteiger partial charge in [0.2, 0.25) is 0 Å². The third-order valence-corrected chi connectivity index (χ3v) is 3.71. The summed E-state index contributed by atoms with van der Waals surface area (Å²) in [6.45, 7) is 4.58. The van der Waals surface area contributed by atoms with Crippen LogP contribution in [0.25, 0.3) is 0 Å². The van der Waals surface area contributed by atoms with Crippen LogP contribution >= 0.6 is 15.6 Å². The Morgan fingerprint density at radius 1 is 0.312 bits per heavy atom. The number of hydrogen-bond acceptors (Lipinski definition) is 0. The van der Waals surface area contributed by atoms with Crippen molar-refractivity contribution in [2.24, 2.45) is 0 Å². The fourth-order valence-electron chi connectivity index (χ4n) is 2.44. The molecular formula is C17H36F12MnP2. The molecule has 0 aromatic carbocycles. The minimum absolute atomic E-state index is 0. The molecule has 0 atom stereocenters. The van der Waals surface area contributed by atoms with Crippen molar-refractivity contribution >= 4 is 15.6 Å². The van der Waals surface area contributed by atoms with Crippen LogP contribution < -0.4 is 0 Å². The first-order valence-electron chi connectivity index (χ1n) is 10.4. The van der Waals surface area contributed by atoms with Crippen LogP contribution in [0.4, 0.5) is 50.4 Å². The van der Waals surface area contributed by atoms with Crippen LogP contribution in [0.3, 0.4) is 0 Å². The smallest absolute Gasteiger partial charge is 2.00 e. The van der Waals surface area contributed by atoms with Gasteiger partial charge in [-0.1, -0.05) is 110 Å². The van der Waals surface area contributed by atoms with Gasteiger partial charge in [-0.15, -0.1) is 0 Å². The van der Waals surface area contributed by atoms with Crippen molar-refractivity contribution in [2.75, 3.05) is 0 Å². The summed E-state index contributed by atoms with van der Waals surface area (Å²) >= 11 is 0. The monoisotopic (exact) mass is 585 g/mol. The maximum atomic E-state index is 9.87. The van der Waals surface area contributed by atoms with Gasteiger partial charge in [0.15, 0.2) is 0 Å². The van der Waals surface area contributed by atoms with Gasteiger partial charge in [0.1, 0.15) is 0 Å². The molecule has 0 aromatic rings. The van der Waals surface area contributed by atoms with Gasteiger partial charge in [0.05, 0.1) is 0 Å². The minimum atomic E-state index is -10.7. The van der Waals surface area contributed by atoms with E-state index in [0.717, 1.165) is 0 Å². The van der Waals surface area contributed by atoms with E-state index >= 15 is 0 Å². The Labute approximate surface area is 193 Å². The fraction of sp³-hybridized carbons (Fsp3) is 1.00. The summed E-state index contributed by atoms with van der Waals surface area (Å²) in [6.07, 6.45) is 21.9. The summed E-state index contributed by atoms with van der Waals surface area (Å²) in [6, 6.07) is 0. The average Bonchev–Trinajstić information content (AvgIpc) is 2.46. The van der Waals surface area contributed by atoms with E-state index in [2.05, 4.69) is 13.8 Å². The summed E-state index contributed by atoms with van der Waals surface area (Å²) in [7, 11) is -21.3. The van der Waals surface area contributed by atoms with Crippen molar-refractivity contribution in [3.8, 4) is 0 Å². The maximum absolute atomic E-state index is 10.7. The molecule has 0 aliphatic carbocycles. The van der Waals surface area contributed by atoms with Crippen molar-refractivity contribution in [3.05, 3.63) is 0 Å². The van der Waals surface area contributed by atoms with Gasteiger partial charge in [0, 0.05) is 0 Å². The molecule has 0 rings (SSSR count). The van der Waals surface area contributed by atoms with Crippen LogP contribution in [0.2, 0.25) is 0 Å². The molecule has 205 valence electrons. The molecule has 0 aromatic heterocycles. The summed E-state index contributed by atoms with van der Waals surface area (Å²) < 4.78 is 118. The van der Waals surface area contributed by atoms with Gasteiger partial charge in [0.25, 0.3) is 0 Å². The second-order valence-electron chi connectivity index (χ2n) is 7.51. The third kappa shape index (κ3) is 126. The fourth-order valence-corrected chi connectivity index (χ4v) is 2.44. The minimum Gasteiger partial charge on any atom is 2.00 e. The van der Waals surface area contributed by atoms with Gasteiger partial charge in [-0.25, -0.2) is 0 Å². The van der Waals surface area contributed by atoms with Crippen LogP contribution in [0.15, 0.2) is 0 Å². The predicted octanol–water partition coefficient (Wildman–Crippen LogP) is 13.6. The van der Waals surface area contributed by atoms with Gasteiger partial charge in [-0.05, 0) is 0 Å². The molecule has 0 aliphatic rings. The Hall–Kier alpha value is 0.539. The first-order valence-corrected chi connectivity index (χ1v) is 14.5. The molecule has 0 nitrogen and oxygen atoms in total. The largest absolute Gasteiger partial charge is 2.00 e. The van der Waals surface area contributed by atoms with Crippen molar-refractivity contribution in [1.29, 1.82) is 0 Å². The Balaban J connectivity index is -0.000000217. The van der Waals surface area contributed by atoms with E-state index in [9.17, 15) is 50.4 Å². The molecule has 32 heavy (non-hydrogen) atoms. The second kappa shape index (κ2) is 14.2. The van der Waals surface area contributed by atoms with E-state index in [-0.39, 0.29) is 17.1 Å². The van der Waals surface area contributed by atoms with Gasteiger partial charge >= 0.3 is 83.0 Å². The quantitative estimate of drug-likeness (QED) is 0.0824. The second-order valence-corrected chi connectivity index (χ2v) is 11.3. The molecule has 0 saturated carbocycles. The van der Waals surface area contributed by atoms with Gasteiger partial charge in [-0.2, -0.15) is 0 Å². The van der Waals surface area contributed by atoms with Crippen LogP contribution in [-0.2, 0) is 17.1 Å². The molecule has 0 unspecified atom stereocenters. The van der Waals surface area contributed by atoms with Gasteiger partial charge < -0.3 is 0 Å². The number of rotatable bonds is 14. The molecular weight excluding hydrogens is 549 g/mol. The molecule has 0 amide bonds. The SMILES string of the molecule is CCCCCCCCCCCCCCCCC.F[P-](F)(F)(F)(F)F.F[P-](F)(F)(F)(F)F.[Mn+2]. The zero-order valence-electron chi connectivity index (χ0n) is 18.4. The standard InChI is InChI=1S/C17H36.2F6P.Mn/c1-3-5-7-9-11-13-15-17-16-14-12-10-8-6-4-2;2*1-7(2,3,4,5)6;/h3-17H2,1-2H3;;;/q;2*-1;+2. The molecule has 1 radical (unpaired) electrons. The average molecular weight is 585 g/mol. The molecule has 0 spiro atoms. The first-order chi connectivity index (χ1) is 13.3. The first kappa shape index (κ1) is 39.7. The zero-order valence-corrected chi connectivity index (χ0v) is 21.4. The normalized spacial score (nSPS) is 15.9. The Kier molecular flexibility index (Phi) is 17.6. The van der Waals surface area contributed by atoms with Crippen molar-refractivity contribution in [3.63, 3.8) is 0 Å². The number of hydrogen-bond donors (Lipinski definition) is 0. The Bertz CT molecular complexity index is 379. The van der Waals surface area contributed by atoms with E-state index in [1.54, 1.807) is 0 Å². The number of unbranched alkanes of at least 4 members (excludes halogenated alkanes) is 14. The number of halogens is 12. The maximum Gasteiger partial charge on any atom is 2.00 e. The van der Waals surface area contributed by atoms with E-state index in [4.69, 9.17) is 0 Å². The molecule has 0 N–H and O–H groups in total. The summed E-state index contributed by atoms with van der Waals surface area (Å²) in [5, 5.41) is 0. The molecule has 0 fully saturated rings. The molecule has 0 saturated heterocycles. The van der Waals surface area contributed by atoms with Crippen LogP contribution in [0, 0.1) is 0 Å². The Morgan fingerprint density at radius 2 is 0.406 bits per heavy atom. The van der Waals surface area contributed by atoms with Crippen LogP contribution in [0.5, 0.6) is 0 Å². The van der Waals surface area contributed by atoms with E-state index < -0.39 is 15.6 Å². The predicted molar refractivity (Wildman–Crippen MR) is 108 cm³/mol. The molecule has 0 aliphatic heterocycles. The topological polar surface area (TPSA) is 0 Å². The molecule has 0 bridgehead atoms. The third-order valence-electron chi connectivity index (χ3n) is 3.71. The molecule has 15 heteroatoms. The van der Waals surface area contributed by atoms with Crippen LogP contribution in [-0.4, -0.2) is 0 Å². The van der Waals surface area contributed by atoms with Crippen LogP contribution in [0.1, 0.15) is 110 Å². The van der Waals surface area contributed by atoms with Crippen molar-refractivity contribution in [2.45, 2.75) is 110 Å². The van der Waals surface area contributed by atoms with Crippen molar-refractivity contribution in [1.82, 2.24) is 0 Å². The Morgan fingerprint density at radius 3 is 0.500 bits per heavy atom. The molecule has 0 heterocycles. The van der Waals surface area contributed by atoms with E-state index in [1.807, 2.05) is 0 Å². The summed E-state index contributed by atoms with van der Waals surface area (Å²) in [4.78, 5) is 0.